The number of benzene rings is 2. The molecule has 0 unspecified atom stereocenters. The fraction of sp³-hybridized carbons (Fsp3) is 0.368. The maximum Gasteiger partial charge on any atom is 0.0396 e. The van der Waals surface area contributed by atoms with Crippen molar-refractivity contribution >= 4 is 11.4 Å². The maximum absolute atomic E-state index is 5.73. The molecule has 116 valence electrons. The van der Waals surface area contributed by atoms with E-state index in [-0.39, 0.29) is 0 Å². The molecule has 0 amide bonds. The van der Waals surface area contributed by atoms with Crippen LogP contribution in [0.3, 0.4) is 0 Å². The van der Waals surface area contributed by atoms with E-state index >= 15 is 0 Å². The molecule has 1 aliphatic rings. The van der Waals surface area contributed by atoms with Gasteiger partial charge in [-0.1, -0.05) is 30.3 Å². The standard InChI is InChI=1S/C19H25N3/c1-16-4-2-3-5-19(16)22-14-12-21(13-15-22)11-10-17-6-8-18(20)9-7-17/h2-9H,10-15,20H2,1H3. The minimum atomic E-state index is 0.843. The van der Waals surface area contributed by atoms with Crippen molar-refractivity contribution in [3.8, 4) is 0 Å². The summed E-state index contributed by atoms with van der Waals surface area (Å²) in [7, 11) is 0. The number of aryl methyl sites for hydroxylation is 1. The Labute approximate surface area is 133 Å². The average Bonchev–Trinajstić information content (AvgIpc) is 2.55. The normalized spacial score (nSPS) is 16.0. The lowest BCUT2D eigenvalue weighted by Gasteiger charge is -2.36. The molecule has 1 saturated heterocycles. The molecule has 22 heavy (non-hydrogen) atoms. The zero-order valence-corrected chi connectivity index (χ0v) is 13.3. The topological polar surface area (TPSA) is 32.5 Å². The fourth-order valence-electron chi connectivity index (χ4n) is 3.10. The summed E-state index contributed by atoms with van der Waals surface area (Å²) in [5.74, 6) is 0. The van der Waals surface area contributed by atoms with Crippen molar-refractivity contribution in [2.24, 2.45) is 0 Å². The van der Waals surface area contributed by atoms with E-state index in [0.29, 0.717) is 0 Å². The van der Waals surface area contributed by atoms with Crippen LogP contribution in [0.25, 0.3) is 0 Å². The van der Waals surface area contributed by atoms with Gasteiger partial charge in [0, 0.05) is 44.1 Å². The minimum Gasteiger partial charge on any atom is -0.399 e. The minimum absolute atomic E-state index is 0.843. The number of hydrogen-bond acceptors (Lipinski definition) is 3. The second-order valence-corrected chi connectivity index (χ2v) is 6.11. The zero-order chi connectivity index (χ0) is 15.4. The Kier molecular flexibility index (Phi) is 4.64. The van der Waals surface area contributed by atoms with Gasteiger partial charge >= 0.3 is 0 Å². The van der Waals surface area contributed by atoms with Crippen molar-refractivity contribution in [3.63, 3.8) is 0 Å². The van der Waals surface area contributed by atoms with Crippen LogP contribution in [-0.2, 0) is 6.42 Å². The second-order valence-electron chi connectivity index (χ2n) is 6.11. The monoisotopic (exact) mass is 295 g/mol. The maximum atomic E-state index is 5.73. The van der Waals surface area contributed by atoms with Crippen molar-refractivity contribution in [2.45, 2.75) is 13.3 Å². The third-order valence-electron chi connectivity index (χ3n) is 4.52. The summed E-state index contributed by atoms with van der Waals surface area (Å²) in [5.41, 5.74) is 10.7. The Morgan fingerprint density at radius 3 is 2.27 bits per heavy atom. The molecule has 0 atom stereocenters. The molecule has 1 fully saturated rings. The van der Waals surface area contributed by atoms with Crippen LogP contribution in [0.15, 0.2) is 48.5 Å². The Hall–Kier alpha value is -2.00. The molecule has 3 rings (SSSR count). The van der Waals surface area contributed by atoms with Crippen molar-refractivity contribution in [1.82, 2.24) is 4.90 Å². The Morgan fingerprint density at radius 1 is 0.909 bits per heavy atom. The van der Waals surface area contributed by atoms with E-state index in [1.165, 1.54) is 16.8 Å². The number of piperazine rings is 1. The summed E-state index contributed by atoms with van der Waals surface area (Å²) >= 11 is 0. The van der Waals surface area contributed by atoms with Crippen LogP contribution in [0.1, 0.15) is 11.1 Å². The van der Waals surface area contributed by atoms with Gasteiger partial charge in [0.1, 0.15) is 0 Å². The van der Waals surface area contributed by atoms with E-state index in [1.54, 1.807) is 0 Å². The molecule has 1 aliphatic heterocycles. The van der Waals surface area contributed by atoms with Crippen molar-refractivity contribution < 1.29 is 0 Å². The van der Waals surface area contributed by atoms with Crippen molar-refractivity contribution in [2.75, 3.05) is 43.4 Å². The molecule has 1 heterocycles. The van der Waals surface area contributed by atoms with Crippen LogP contribution >= 0.6 is 0 Å². The van der Waals surface area contributed by atoms with Gasteiger partial charge in [-0.15, -0.1) is 0 Å². The smallest absolute Gasteiger partial charge is 0.0396 e. The fourth-order valence-corrected chi connectivity index (χ4v) is 3.10. The number of anilines is 2. The van der Waals surface area contributed by atoms with E-state index in [0.717, 1.165) is 44.8 Å². The van der Waals surface area contributed by atoms with E-state index < -0.39 is 0 Å². The molecule has 0 aliphatic carbocycles. The van der Waals surface area contributed by atoms with Gasteiger partial charge in [-0.05, 0) is 42.7 Å². The summed E-state index contributed by atoms with van der Waals surface area (Å²) in [4.78, 5) is 5.07. The first-order chi connectivity index (χ1) is 10.7. The summed E-state index contributed by atoms with van der Waals surface area (Å²) in [6, 6.07) is 16.9. The van der Waals surface area contributed by atoms with E-state index in [2.05, 4.69) is 53.1 Å². The van der Waals surface area contributed by atoms with Gasteiger partial charge in [-0.3, -0.25) is 4.90 Å². The first-order valence-corrected chi connectivity index (χ1v) is 8.10. The number of nitrogen functional groups attached to an aromatic ring is 1. The first-order valence-electron chi connectivity index (χ1n) is 8.10. The van der Waals surface area contributed by atoms with Crippen LogP contribution in [0, 0.1) is 6.92 Å². The highest BCUT2D eigenvalue weighted by Gasteiger charge is 2.17. The molecule has 0 radical (unpaired) electrons. The number of nitrogens with two attached hydrogens (primary N) is 1. The molecule has 0 aromatic heterocycles. The van der Waals surface area contributed by atoms with Crippen molar-refractivity contribution in [1.29, 1.82) is 0 Å². The third kappa shape index (κ3) is 3.60. The lowest BCUT2D eigenvalue weighted by molar-refractivity contribution is 0.261. The largest absolute Gasteiger partial charge is 0.399 e. The molecular weight excluding hydrogens is 270 g/mol. The molecule has 0 spiro atoms. The highest BCUT2D eigenvalue weighted by molar-refractivity contribution is 5.53. The van der Waals surface area contributed by atoms with Gasteiger partial charge in [0.15, 0.2) is 0 Å². The van der Waals surface area contributed by atoms with Crippen LogP contribution < -0.4 is 10.6 Å². The quantitative estimate of drug-likeness (QED) is 0.880. The average molecular weight is 295 g/mol. The lowest BCUT2D eigenvalue weighted by Crippen LogP contribution is -2.47. The number of rotatable bonds is 4. The second kappa shape index (κ2) is 6.84. The molecular formula is C19H25N3. The van der Waals surface area contributed by atoms with Gasteiger partial charge in [0.2, 0.25) is 0 Å². The SMILES string of the molecule is Cc1ccccc1N1CCN(CCc2ccc(N)cc2)CC1. The summed E-state index contributed by atoms with van der Waals surface area (Å²) in [6.07, 6.45) is 1.10. The summed E-state index contributed by atoms with van der Waals surface area (Å²) in [6.45, 7) is 7.85. The Balaban J connectivity index is 1.50. The lowest BCUT2D eigenvalue weighted by atomic mass is 10.1. The molecule has 2 aromatic rings. The highest BCUT2D eigenvalue weighted by atomic mass is 15.3. The van der Waals surface area contributed by atoms with Crippen LogP contribution in [0.5, 0.6) is 0 Å². The van der Waals surface area contributed by atoms with Gasteiger partial charge in [0.25, 0.3) is 0 Å². The first kappa shape index (κ1) is 14.9. The highest BCUT2D eigenvalue weighted by Crippen LogP contribution is 2.20. The van der Waals surface area contributed by atoms with E-state index in [4.69, 9.17) is 5.73 Å². The van der Waals surface area contributed by atoms with E-state index in [9.17, 15) is 0 Å². The predicted molar refractivity (Wildman–Crippen MR) is 94.4 cm³/mol. The van der Waals surface area contributed by atoms with Crippen molar-refractivity contribution in [3.05, 3.63) is 59.7 Å². The van der Waals surface area contributed by atoms with Gasteiger partial charge < -0.3 is 10.6 Å². The Morgan fingerprint density at radius 2 is 1.59 bits per heavy atom. The summed E-state index contributed by atoms with van der Waals surface area (Å²) < 4.78 is 0. The van der Waals surface area contributed by atoms with Crippen LogP contribution in [-0.4, -0.2) is 37.6 Å². The number of hydrogen-bond donors (Lipinski definition) is 1. The molecule has 2 N–H and O–H groups in total. The third-order valence-corrected chi connectivity index (χ3v) is 4.52. The van der Waals surface area contributed by atoms with Crippen LogP contribution in [0.4, 0.5) is 11.4 Å². The van der Waals surface area contributed by atoms with Crippen LogP contribution in [0.2, 0.25) is 0 Å². The predicted octanol–water partition coefficient (Wildman–Crippen LogP) is 2.94. The molecule has 0 saturated carbocycles. The molecule has 3 heteroatoms. The molecule has 3 nitrogen and oxygen atoms in total. The number of nitrogens with zero attached hydrogens (tertiary/aromatic N) is 2. The van der Waals surface area contributed by atoms with E-state index in [1.807, 2.05) is 12.1 Å². The number of para-hydroxylation sites is 1. The molecule has 0 bridgehead atoms. The zero-order valence-electron chi connectivity index (χ0n) is 13.3. The van der Waals surface area contributed by atoms with Gasteiger partial charge in [-0.25, -0.2) is 0 Å². The Bertz CT molecular complexity index is 598. The van der Waals surface area contributed by atoms with Gasteiger partial charge in [0.05, 0.1) is 0 Å². The molecule has 2 aromatic carbocycles. The van der Waals surface area contributed by atoms with Gasteiger partial charge in [-0.2, -0.15) is 0 Å². The summed E-state index contributed by atoms with van der Waals surface area (Å²) in [5, 5.41) is 0.